The van der Waals surface area contributed by atoms with Gasteiger partial charge in [0.2, 0.25) is 0 Å². The lowest BCUT2D eigenvalue weighted by Gasteiger charge is -2.13. The number of likely N-dealkylation sites (N-methyl/N-ethyl adjacent to an activating group) is 1. The molecule has 1 aromatic carbocycles. The maximum Gasteiger partial charge on any atom is 0.135 e. The van der Waals surface area contributed by atoms with Gasteiger partial charge >= 0.3 is 0 Å². The third-order valence-electron chi connectivity index (χ3n) is 6.59. The second-order valence-corrected chi connectivity index (χ2v) is 9.51. The van der Waals surface area contributed by atoms with Gasteiger partial charge < -0.3 is 19.9 Å². The number of pyridine rings is 2. The molecule has 0 aliphatic carbocycles. The van der Waals surface area contributed by atoms with E-state index in [-0.39, 0.29) is 5.82 Å². The topological polar surface area (TPSA) is 94.8 Å². The summed E-state index contributed by atoms with van der Waals surface area (Å²) in [5.74, 6) is 0.138. The number of H-pyrrole nitrogens is 2. The molecule has 0 bridgehead atoms. The SMILES string of the molecule is CN(C)CCOc1cc(F)cc(-c2cncc3[nH]c(-c4n[nH]c5ccc(C6=CCNCC6)nc45)cc23)c1. The van der Waals surface area contributed by atoms with Crippen molar-refractivity contribution in [3.05, 3.63) is 66.4 Å². The van der Waals surface area contributed by atoms with E-state index in [0.29, 0.717) is 17.9 Å². The zero-order valence-corrected chi connectivity index (χ0v) is 20.8. The minimum atomic E-state index is -0.354. The molecule has 0 amide bonds. The summed E-state index contributed by atoms with van der Waals surface area (Å²) in [5.41, 5.74) is 7.79. The van der Waals surface area contributed by atoms with Gasteiger partial charge in [-0.15, -0.1) is 0 Å². The first-order valence-electron chi connectivity index (χ1n) is 12.4. The Bertz CT molecular complexity index is 1620. The number of halogens is 1. The van der Waals surface area contributed by atoms with E-state index in [1.807, 2.05) is 43.3 Å². The van der Waals surface area contributed by atoms with Crippen molar-refractivity contribution in [3.63, 3.8) is 0 Å². The Morgan fingerprint density at radius 1 is 1.08 bits per heavy atom. The third-order valence-corrected chi connectivity index (χ3v) is 6.59. The lowest BCUT2D eigenvalue weighted by Crippen LogP contribution is -2.20. The van der Waals surface area contributed by atoms with Crippen molar-refractivity contribution < 1.29 is 9.13 Å². The first-order valence-corrected chi connectivity index (χ1v) is 12.4. The molecule has 188 valence electrons. The number of ether oxygens (including phenoxy) is 1. The van der Waals surface area contributed by atoms with Gasteiger partial charge in [0.05, 0.1) is 28.6 Å². The molecule has 8 nitrogen and oxygen atoms in total. The zero-order valence-electron chi connectivity index (χ0n) is 20.8. The van der Waals surface area contributed by atoms with Crippen molar-refractivity contribution in [2.75, 3.05) is 40.3 Å². The van der Waals surface area contributed by atoms with Crippen LogP contribution >= 0.6 is 0 Å². The molecule has 1 aliphatic heterocycles. The van der Waals surface area contributed by atoms with Gasteiger partial charge in [-0.05, 0) is 68.5 Å². The highest BCUT2D eigenvalue weighted by atomic mass is 19.1. The molecule has 1 aliphatic rings. The summed E-state index contributed by atoms with van der Waals surface area (Å²) >= 11 is 0. The minimum absolute atomic E-state index is 0.354. The quantitative estimate of drug-likeness (QED) is 0.304. The maximum absolute atomic E-state index is 14.5. The first-order chi connectivity index (χ1) is 18.0. The molecular formula is C28H28FN7O. The minimum Gasteiger partial charge on any atom is -0.492 e. The Labute approximate surface area is 213 Å². The number of benzene rings is 1. The van der Waals surface area contributed by atoms with Crippen molar-refractivity contribution in [1.82, 2.24) is 35.4 Å². The fourth-order valence-corrected chi connectivity index (χ4v) is 4.68. The number of fused-ring (bicyclic) bond motifs is 2. The van der Waals surface area contributed by atoms with E-state index in [4.69, 9.17) is 9.72 Å². The number of nitrogens with zero attached hydrogens (tertiary/aromatic N) is 4. The smallest absolute Gasteiger partial charge is 0.135 e. The highest BCUT2D eigenvalue weighted by Gasteiger charge is 2.17. The molecule has 0 saturated heterocycles. The summed E-state index contributed by atoms with van der Waals surface area (Å²) in [6.07, 6.45) is 6.65. The normalized spacial score (nSPS) is 14.0. The largest absolute Gasteiger partial charge is 0.492 e. The molecular weight excluding hydrogens is 469 g/mol. The van der Waals surface area contributed by atoms with Crippen molar-refractivity contribution in [2.45, 2.75) is 6.42 Å². The fourth-order valence-electron chi connectivity index (χ4n) is 4.68. The molecule has 5 heterocycles. The number of hydrogen-bond acceptors (Lipinski definition) is 6. The second-order valence-electron chi connectivity index (χ2n) is 9.51. The molecule has 37 heavy (non-hydrogen) atoms. The average molecular weight is 498 g/mol. The Kier molecular flexibility index (Phi) is 6.15. The predicted octanol–water partition coefficient (Wildman–Crippen LogP) is 4.62. The number of aromatic nitrogens is 5. The van der Waals surface area contributed by atoms with E-state index in [1.54, 1.807) is 12.4 Å². The van der Waals surface area contributed by atoms with Crippen LogP contribution in [0.1, 0.15) is 12.1 Å². The lowest BCUT2D eigenvalue weighted by molar-refractivity contribution is 0.260. The van der Waals surface area contributed by atoms with Crippen LogP contribution in [0.25, 0.3) is 50.0 Å². The average Bonchev–Trinajstić information content (AvgIpc) is 3.52. The van der Waals surface area contributed by atoms with Crippen LogP contribution in [0, 0.1) is 5.82 Å². The van der Waals surface area contributed by atoms with Gasteiger partial charge in [0, 0.05) is 36.3 Å². The maximum atomic E-state index is 14.5. The van der Waals surface area contributed by atoms with E-state index >= 15 is 0 Å². The van der Waals surface area contributed by atoms with Crippen LogP contribution in [-0.4, -0.2) is 70.4 Å². The second kappa shape index (κ2) is 9.76. The summed E-state index contributed by atoms with van der Waals surface area (Å²) in [4.78, 5) is 14.8. The van der Waals surface area contributed by atoms with Gasteiger partial charge in [-0.25, -0.2) is 9.37 Å². The van der Waals surface area contributed by atoms with Gasteiger partial charge in [0.15, 0.2) is 0 Å². The van der Waals surface area contributed by atoms with Crippen LogP contribution in [0.2, 0.25) is 0 Å². The predicted molar refractivity (Wildman–Crippen MR) is 144 cm³/mol. The molecule has 6 rings (SSSR count). The van der Waals surface area contributed by atoms with Crippen molar-refractivity contribution in [3.8, 4) is 28.3 Å². The zero-order chi connectivity index (χ0) is 25.4. The van der Waals surface area contributed by atoms with E-state index in [2.05, 4.69) is 31.6 Å². The highest BCUT2D eigenvalue weighted by molar-refractivity contribution is 6.00. The molecule has 9 heteroatoms. The number of aromatic amines is 2. The lowest BCUT2D eigenvalue weighted by atomic mass is 10.0. The van der Waals surface area contributed by atoms with Gasteiger partial charge in [-0.2, -0.15) is 5.10 Å². The van der Waals surface area contributed by atoms with Crippen molar-refractivity contribution >= 4 is 27.5 Å². The summed E-state index contributed by atoms with van der Waals surface area (Å²) in [6, 6.07) is 10.9. The highest BCUT2D eigenvalue weighted by Crippen LogP contribution is 2.35. The molecule has 4 aromatic heterocycles. The van der Waals surface area contributed by atoms with Crippen LogP contribution in [0.5, 0.6) is 5.75 Å². The van der Waals surface area contributed by atoms with Gasteiger partial charge in [-0.3, -0.25) is 10.1 Å². The first kappa shape index (κ1) is 23.3. The molecule has 0 unspecified atom stereocenters. The Balaban J connectivity index is 1.39. The van der Waals surface area contributed by atoms with Crippen LogP contribution in [0.3, 0.4) is 0 Å². The summed E-state index contributed by atoms with van der Waals surface area (Å²) in [6.45, 7) is 3.02. The van der Waals surface area contributed by atoms with Crippen LogP contribution in [-0.2, 0) is 0 Å². The summed E-state index contributed by atoms with van der Waals surface area (Å²) < 4.78 is 20.3. The van der Waals surface area contributed by atoms with Gasteiger partial charge in [-0.1, -0.05) is 6.08 Å². The van der Waals surface area contributed by atoms with Crippen LogP contribution in [0.15, 0.2) is 54.9 Å². The Hall–Kier alpha value is -4.08. The molecule has 0 saturated carbocycles. The van der Waals surface area contributed by atoms with E-state index in [0.717, 1.165) is 70.6 Å². The molecule has 3 N–H and O–H groups in total. The van der Waals surface area contributed by atoms with Crippen LogP contribution in [0.4, 0.5) is 4.39 Å². The Morgan fingerprint density at radius 2 is 2.00 bits per heavy atom. The molecule has 0 radical (unpaired) electrons. The van der Waals surface area contributed by atoms with E-state index in [9.17, 15) is 4.39 Å². The van der Waals surface area contributed by atoms with E-state index in [1.165, 1.54) is 17.7 Å². The molecule has 0 atom stereocenters. The number of hydrogen-bond donors (Lipinski definition) is 3. The monoisotopic (exact) mass is 497 g/mol. The van der Waals surface area contributed by atoms with Gasteiger partial charge in [0.25, 0.3) is 0 Å². The van der Waals surface area contributed by atoms with Crippen LogP contribution < -0.4 is 10.1 Å². The summed E-state index contributed by atoms with van der Waals surface area (Å²) in [7, 11) is 3.94. The Morgan fingerprint density at radius 3 is 2.84 bits per heavy atom. The molecule has 0 spiro atoms. The fraction of sp³-hybridized carbons (Fsp3) is 0.250. The van der Waals surface area contributed by atoms with Gasteiger partial charge in [0.1, 0.15) is 29.4 Å². The standard InChI is InChI=1S/C28H28FN7O/c1-36(2)9-10-37-20-12-18(11-19(29)13-20)22-15-31-16-26-21(22)14-25(32-26)28-27-24(34-35-28)4-3-23(33-27)17-5-7-30-8-6-17/h3-5,11-16,30,32H,6-10H2,1-2H3,(H,34,35). The van der Waals surface area contributed by atoms with Crippen molar-refractivity contribution in [2.24, 2.45) is 0 Å². The van der Waals surface area contributed by atoms with Crippen molar-refractivity contribution in [1.29, 1.82) is 0 Å². The molecule has 0 fully saturated rings. The van der Waals surface area contributed by atoms with E-state index < -0.39 is 0 Å². The number of nitrogens with one attached hydrogen (secondary N) is 3. The third kappa shape index (κ3) is 4.71. The molecule has 5 aromatic rings. The summed E-state index contributed by atoms with van der Waals surface area (Å²) in [5, 5.41) is 11.9. The number of rotatable bonds is 7.